The second-order valence-electron chi connectivity index (χ2n) is 6.49. The maximum atomic E-state index is 14.1. The minimum Gasteiger partial charge on any atom is -0.371 e. The third kappa shape index (κ3) is 3.51. The molecule has 0 bridgehead atoms. The lowest BCUT2D eigenvalue weighted by molar-refractivity contribution is 0.311. The number of nitrogens with two attached hydrogens (primary N) is 1. The highest BCUT2D eigenvalue weighted by molar-refractivity contribution is 5.55. The van der Waals surface area contributed by atoms with Crippen LogP contribution in [-0.2, 0) is 6.42 Å². The highest BCUT2D eigenvalue weighted by atomic mass is 19.1. The van der Waals surface area contributed by atoms with Crippen molar-refractivity contribution in [2.75, 3.05) is 18.0 Å². The monoisotopic (exact) mass is 278 g/mol. The highest BCUT2D eigenvalue weighted by Gasteiger charge is 2.24. The topological polar surface area (TPSA) is 29.3 Å². The van der Waals surface area contributed by atoms with Crippen molar-refractivity contribution in [1.82, 2.24) is 0 Å². The van der Waals surface area contributed by atoms with Gasteiger partial charge in [0.25, 0.3) is 0 Å². The van der Waals surface area contributed by atoms with Crippen LogP contribution in [0.15, 0.2) is 18.2 Å². The van der Waals surface area contributed by atoms with Crippen LogP contribution >= 0.6 is 0 Å². The first-order chi connectivity index (χ1) is 9.49. The zero-order valence-electron chi connectivity index (χ0n) is 12.9. The van der Waals surface area contributed by atoms with Crippen molar-refractivity contribution in [3.8, 4) is 0 Å². The summed E-state index contributed by atoms with van der Waals surface area (Å²) in [4.78, 5) is 2.33. The molecule has 0 spiro atoms. The van der Waals surface area contributed by atoms with Gasteiger partial charge in [-0.25, -0.2) is 4.39 Å². The molecule has 112 valence electrons. The first-order valence-corrected chi connectivity index (χ1v) is 7.77. The van der Waals surface area contributed by atoms with Crippen molar-refractivity contribution in [2.24, 2.45) is 17.6 Å². The second-order valence-corrected chi connectivity index (χ2v) is 6.49. The SMILES string of the molecule is CC(N)Cc1c(F)cccc1N1CCC(C(C)C)CC1. The van der Waals surface area contributed by atoms with Gasteiger partial charge in [-0.15, -0.1) is 0 Å². The number of benzene rings is 1. The maximum Gasteiger partial charge on any atom is 0.128 e. The van der Waals surface area contributed by atoms with Crippen LogP contribution in [0, 0.1) is 17.7 Å². The summed E-state index contributed by atoms with van der Waals surface area (Å²) in [7, 11) is 0. The van der Waals surface area contributed by atoms with E-state index in [1.54, 1.807) is 6.07 Å². The van der Waals surface area contributed by atoms with E-state index in [0.717, 1.165) is 36.2 Å². The van der Waals surface area contributed by atoms with E-state index in [-0.39, 0.29) is 11.9 Å². The van der Waals surface area contributed by atoms with Crippen LogP contribution < -0.4 is 10.6 Å². The summed E-state index contributed by atoms with van der Waals surface area (Å²) < 4.78 is 14.1. The Labute approximate surface area is 122 Å². The molecule has 2 nitrogen and oxygen atoms in total. The fourth-order valence-electron chi connectivity index (χ4n) is 3.17. The van der Waals surface area contributed by atoms with Crippen LogP contribution in [0.4, 0.5) is 10.1 Å². The fraction of sp³-hybridized carbons (Fsp3) is 0.647. The number of nitrogens with zero attached hydrogens (tertiary/aromatic N) is 1. The van der Waals surface area contributed by atoms with E-state index in [1.807, 2.05) is 19.1 Å². The van der Waals surface area contributed by atoms with Crippen molar-refractivity contribution in [2.45, 2.75) is 46.1 Å². The van der Waals surface area contributed by atoms with Crippen LogP contribution in [0.3, 0.4) is 0 Å². The molecule has 2 rings (SSSR count). The van der Waals surface area contributed by atoms with Crippen molar-refractivity contribution < 1.29 is 4.39 Å². The molecule has 0 radical (unpaired) electrons. The van der Waals surface area contributed by atoms with Gasteiger partial charge >= 0.3 is 0 Å². The Morgan fingerprint density at radius 3 is 2.45 bits per heavy atom. The molecule has 0 saturated carbocycles. The van der Waals surface area contributed by atoms with Crippen LogP contribution in [0.5, 0.6) is 0 Å². The first kappa shape index (κ1) is 15.3. The predicted molar refractivity (Wildman–Crippen MR) is 83.5 cm³/mol. The zero-order valence-corrected chi connectivity index (χ0v) is 12.9. The lowest BCUT2D eigenvalue weighted by Gasteiger charge is -2.36. The summed E-state index contributed by atoms with van der Waals surface area (Å²) in [5.41, 5.74) is 7.70. The number of rotatable bonds is 4. The Hall–Kier alpha value is -1.09. The predicted octanol–water partition coefficient (Wildman–Crippen LogP) is 3.59. The van der Waals surface area contributed by atoms with E-state index in [4.69, 9.17) is 5.73 Å². The molecule has 1 fully saturated rings. The Bertz CT molecular complexity index is 435. The Kier molecular flexibility index (Phi) is 5.03. The van der Waals surface area contributed by atoms with E-state index in [9.17, 15) is 4.39 Å². The molecule has 1 aromatic carbocycles. The van der Waals surface area contributed by atoms with Gasteiger partial charge in [-0.2, -0.15) is 0 Å². The smallest absolute Gasteiger partial charge is 0.128 e. The van der Waals surface area contributed by atoms with Crippen molar-refractivity contribution in [3.05, 3.63) is 29.6 Å². The molecule has 0 amide bonds. The Morgan fingerprint density at radius 2 is 1.90 bits per heavy atom. The average Bonchev–Trinajstić information content (AvgIpc) is 2.41. The standard InChI is InChI=1S/C17H27FN2/c1-12(2)14-7-9-20(10-8-14)17-6-4-5-16(18)15(17)11-13(3)19/h4-6,12-14H,7-11,19H2,1-3H3. The molecule has 1 heterocycles. The minimum atomic E-state index is -0.120. The lowest BCUT2D eigenvalue weighted by Crippen LogP contribution is -2.36. The zero-order chi connectivity index (χ0) is 14.7. The number of anilines is 1. The second kappa shape index (κ2) is 6.57. The van der Waals surface area contributed by atoms with Crippen molar-refractivity contribution in [1.29, 1.82) is 0 Å². The minimum absolute atomic E-state index is 0.0150. The summed E-state index contributed by atoms with van der Waals surface area (Å²) in [6.07, 6.45) is 3.00. The molecule has 1 unspecified atom stereocenters. The molecule has 20 heavy (non-hydrogen) atoms. The molecule has 1 aliphatic rings. The van der Waals surface area contributed by atoms with Gasteiger partial charge in [-0.05, 0) is 50.2 Å². The van der Waals surface area contributed by atoms with Crippen molar-refractivity contribution >= 4 is 5.69 Å². The summed E-state index contributed by atoms with van der Waals surface area (Å²) in [5.74, 6) is 1.43. The molecule has 3 heteroatoms. The van der Waals surface area contributed by atoms with E-state index in [1.165, 1.54) is 12.8 Å². The van der Waals surface area contributed by atoms with Gasteiger partial charge in [0.1, 0.15) is 5.82 Å². The molecule has 0 aromatic heterocycles. The van der Waals surface area contributed by atoms with E-state index in [0.29, 0.717) is 6.42 Å². The highest BCUT2D eigenvalue weighted by Crippen LogP contribution is 2.31. The number of piperidine rings is 1. The van der Waals surface area contributed by atoms with Gasteiger partial charge < -0.3 is 10.6 Å². The molecule has 1 aromatic rings. The summed E-state index contributed by atoms with van der Waals surface area (Å²) in [5, 5.41) is 0. The average molecular weight is 278 g/mol. The van der Waals surface area contributed by atoms with E-state index >= 15 is 0 Å². The Morgan fingerprint density at radius 1 is 1.25 bits per heavy atom. The van der Waals surface area contributed by atoms with Gasteiger partial charge in [0, 0.05) is 30.4 Å². The quantitative estimate of drug-likeness (QED) is 0.912. The first-order valence-electron chi connectivity index (χ1n) is 7.77. The molecule has 1 saturated heterocycles. The maximum absolute atomic E-state index is 14.1. The van der Waals surface area contributed by atoms with Gasteiger partial charge in [0.05, 0.1) is 0 Å². The van der Waals surface area contributed by atoms with Crippen LogP contribution in [0.1, 0.15) is 39.2 Å². The summed E-state index contributed by atoms with van der Waals surface area (Å²) in [6, 6.07) is 5.38. The lowest BCUT2D eigenvalue weighted by atomic mass is 9.86. The molecule has 0 aliphatic carbocycles. The number of hydrogen-bond donors (Lipinski definition) is 1. The molecular weight excluding hydrogens is 251 g/mol. The fourth-order valence-corrected chi connectivity index (χ4v) is 3.17. The third-order valence-corrected chi connectivity index (χ3v) is 4.44. The van der Waals surface area contributed by atoms with Crippen LogP contribution in [0.25, 0.3) is 0 Å². The Balaban J connectivity index is 2.15. The summed E-state index contributed by atoms with van der Waals surface area (Å²) in [6.45, 7) is 8.58. The molecule has 2 N–H and O–H groups in total. The van der Waals surface area contributed by atoms with Gasteiger partial charge in [0.15, 0.2) is 0 Å². The largest absolute Gasteiger partial charge is 0.371 e. The summed E-state index contributed by atoms with van der Waals surface area (Å²) >= 11 is 0. The third-order valence-electron chi connectivity index (χ3n) is 4.44. The normalized spacial score (nSPS) is 18.6. The number of halogens is 1. The van der Waals surface area contributed by atoms with Crippen LogP contribution in [0.2, 0.25) is 0 Å². The van der Waals surface area contributed by atoms with Crippen LogP contribution in [-0.4, -0.2) is 19.1 Å². The van der Waals surface area contributed by atoms with E-state index in [2.05, 4.69) is 18.7 Å². The van der Waals surface area contributed by atoms with Gasteiger partial charge in [-0.3, -0.25) is 0 Å². The van der Waals surface area contributed by atoms with Gasteiger partial charge in [-0.1, -0.05) is 19.9 Å². The number of hydrogen-bond acceptors (Lipinski definition) is 2. The van der Waals surface area contributed by atoms with Gasteiger partial charge in [0.2, 0.25) is 0 Å². The molecule has 1 atom stereocenters. The van der Waals surface area contributed by atoms with Crippen molar-refractivity contribution in [3.63, 3.8) is 0 Å². The molecule has 1 aliphatic heterocycles. The molecular formula is C17H27FN2. The van der Waals surface area contributed by atoms with E-state index < -0.39 is 0 Å².